The minimum atomic E-state index is 0.356. The lowest BCUT2D eigenvalue weighted by atomic mass is 10.2. The first-order valence-corrected chi connectivity index (χ1v) is 6.12. The third kappa shape index (κ3) is 2.63. The van der Waals surface area contributed by atoms with Gasteiger partial charge in [-0.2, -0.15) is 0 Å². The smallest absolute Gasteiger partial charge is 0.140 e. The molecule has 96 valence electrons. The van der Waals surface area contributed by atoms with Crippen molar-refractivity contribution in [2.45, 2.75) is 26.3 Å². The number of nitrogens with two attached hydrogens (primary N) is 1. The van der Waals surface area contributed by atoms with Crippen molar-refractivity contribution in [2.75, 3.05) is 5.43 Å². The molecule has 18 heavy (non-hydrogen) atoms. The zero-order valence-corrected chi connectivity index (χ0v) is 11.1. The monoisotopic (exact) mass is 265 g/mol. The van der Waals surface area contributed by atoms with Crippen LogP contribution in [0.2, 0.25) is 5.02 Å². The van der Waals surface area contributed by atoms with Crippen LogP contribution in [-0.4, -0.2) is 14.5 Å². The average molecular weight is 266 g/mol. The Bertz CT molecular complexity index is 535. The number of anilines is 1. The molecule has 0 radical (unpaired) electrons. The van der Waals surface area contributed by atoms with Crippen molar-refractivity contribution in [3.63, 3.8) is 0 Å². The molecular weight excluding hydrogens is 250 g/mol. The summed E-state index contributed by atoms with van der Waals surface area (Å²) in [4.78, 5) is 8.69. The fourth-order valence-corrected chi connectivity index (χ4v) is 1.96. The van der Waals surface area contributed by atoms with Crippen molar-refractivity contribution in [3.8, 4) is 0 Å². The van der Waals surface area contributed by atoms with Crippen LogP contribution in [-0.2, 0) is 6.54 Å². The number of pyridine rings is 1. The van der Waals surface area contributed by atoms with Crippen molar-refractivity contribution >= 4 is 17.4 Å². The topological polar surface area (TPSA) is 68.8 Å². The SMILES string of the molecule is CC(C)c1nccn1Cc1nc(NN)ccc1Cl. The fourth-order valence-electron chi connectivity index (χ4n) is 1.79. The lowest BCUT2D eigenvalue weighted by Gasteiger charge is -2.11. The molecule has 0 amide bonds. The summed E-state index contributed by atoms with van der Waals surface area (Å²) in [6.07, 6.45) is 3.71. The van der Waals surface area contributed by atoms with Gasteiger partial charge in [0.2, 0.25) is 0 Å². The summed E-state index contributed by atoms with van der Waals surface area (Å²) in [7, 11) is 0. The molecule has 2 aromatic heterocycles. The third-order valence-corrected chi connectivity index (χ3v) is 2.99. The number of aromatic nitrogens is 3. The van der Waals surface area contributed by atoms with E-state index in [-0.39, 0.29) is 0 Å². The molecule has 3 N–H and O–H groups in total. The van der Waals surface area contributed by atoms with Gasteiger partial charge in [-0.25, -0.2) is 15.8 Å². The Kier molecular flexibility index (Phi) is 3.84. The molecule has 0 saturated heterocycles. The van der Waals surface area contributed by atoms with Crippen molar-refractivity contribution in [2.24, 2.45) is 5.84 Å². The van der Waals surface area contributed by atoms with Crippen molar-refractivity contribution in [1.29, 1.82) is 0 Å². The zero-order valence-electron chi connectivity index (χ0n) is 10.4. The van der Waals surface area contributed by atoms with E-state index >= 15 is 0 Å². The third-order valence-electron chi connectivity index (χ3n) is 2.65. The maximum atomic E-state index is 6.14. The molecule has 0 unspecified atom stereocenters. The molecule has 0 spiro atoms. The second-order valence-electron chi connectivity index (χ2n) is 4.34. The van der Waals surface area contributed by atoms with E-state index in [0.29, 0.717) is 23.3 Å². The highest BCUT2D eigenvalue weighted by Gasteiger charge is 2.10. The van der Waals surface area contributed by atoms with Gasteiger partial charge >= 0.3 is 0 Å². The van der Waals surface area contributed by atoms with Gasteiger partial charge in [0.05, 0.1) is 17.3 Å². The summed E-state index contributed by atoms with van der Waals surface area (Å²) < 4.78 is 2.04. The Morgan fingerprint density at radius 1 is 1.44 bits per heavy atom. The van der Waals surface area contributed by atoms with Crippen LogP contribution in [0, 0.1) is 0 Å². The molecule has 2 rings (SSSR count). The molecule has 0 aliphatic rings. The largest absolute Gasteiger partial charge is 0.329 e. The number of rotatable bonds is 4. The van der Waals surface area contributed by atoms with Gasteiger partial charge in [0, 0.05) is 18.3 Å². The summed E-state index contributed by atoms with van der Waals surface area (Å²) in [5.41, 5.74) is 3.29. The Balaban J connectivity index is 2.30. The molecule has 0 fully saturated rings. The van der Waals surface area contributed by atoms with Crippen LogP contribution >= 0.6 is 11.6 Å². The highest BCUT2D eigenvalue weighted by molar-refractivity contribution is 6.31. The molecule has 0 aliphatic carbocycles. The maximum absolute atomic E-state index is 6.14. The van der Waals surface area contributed by atoms with Gasteiger partial charge in [-0.15, -0.1) is 0 Å². The summed E-state index contributed by atoms with van der Waals surface area (Å²) in [5, 5.41) is 0.623. The molecule has 2 aromatic rings. The quantitative estimate of drug-likeness (QED) is 0.658. The molecule has 5 nitrogen and oxygen atoms in total. The predicted molar refractivity (Wildman–Crippen MR) is 72.5 cm³/mol. The summed E-state index contributed by atoms with van der Waals surface area (Å²) in [6.45, 7) is 4.79. The van der Waals surface area contributed by atoms with E-state index in [1.54, 1.807) is 18.3 Å². The number of nitrogens with one attached hydrogen (secondary N) is 1. The Hall–Kier alpha value is -1.59. The van der Waals surface area contributed by atoms with Gasteiger partial charge in [-0.3, -0.25) is 0 Å². The maximum Gasteiger partial charge on any atom is 0.140 e. The van der Waals surface area contributed by atoms with Crippen LogP contribution in [0.5, 0.6) is 0 Å². The van der Waals surface area contributed by atoms with E-state index in [1.165, 1.54) is 0 Å². The van der Waals surface area contributed by atoms with E-state index < -0.39 is 0 Å². The first kappa shape index (κ1) is 12.9. The lowest BCUT2D eigenvalue weighted by Crippen LogP contribution is -2.12. The summed E-state index contributed by atoms with van der Waals surface area (Å²) in [5.74, 6) is 7.31. The molecule has 0 bridgehead atoms. The minimum Gasteiger partial charge on any atom is -0.329 e. The van der Waals surface area contributed by atoms with Crippen molar-refractivity contribution in [1.82, 2.24) is 14.5 Å². The number of halogens is 1. The zero-order chi connectivity index (χ0) is 13.1. The van der Waals surface area contributed by atoms with Crippen LogP contribution in [0.15, 0.2) is 24.5 Å². The standard InChI is InChI=1S/C12H16ClN5/c1-8(2)12-15-5-6-18(12)7-10-9(13)3-4-11(16-10)17-14/h3-6,8H,7,14H2,1-2H3,(H,16,17). The Morgan fingerprint density at radius 2 is 2.22 bits per heavy atom. The van der Waals surface area contributed by atoms with Crippen molar-refractivity contribution < 1.29 is 0 Å². The van der Waals surface area contributed by atoms with Gasteiger partial charge in [-0.1, -0.05) is 25.4 Å². The van der Waals surface area contributed by atoms with E-state index in [2.05, 4.69) is 29.2 Å². The van der Waals surface area contributed by atoms with Crippen LogP contribution < -0.4 is 11.3 Å². The summed E-state index contributed by atoms with van der Waals surface area (Å²) >= 11 is 6.14. The van der Waals surface area contributed by atoms with E-state index in [0.717, 1.165) is 11.5 Å². The average Bonchev–Trinajstić information content (AvgIpc) is 2.80. The predicted octanol–water partition coefficient (Wildman–Crippen LogP) is 2.39. The first-order valence-electron chi connectivity index (χ1n) is 5.75. The van der Waals surface area contributed by atoms with Crippen LogP contribution in [0.3, 0.4) is 0 Å². The first-order chi connectivity index (χ1) is 8.61. The van der Waals surface area contributed by atoms with Gasteiger partial charge in [0.15, 0.2) is 0 Å². The molecular formula is C12H16ClN5. The molecule has 0 atom stereocenters. The molecule has 0 aliphatic heterocycles. The minimum absolute atomic E-state index is 0.356. The van der Waals surface area contributed by atoms with Crippen LogP contribution in [0.4, 0.5) is 5.82 Å². The second-order valence-corrected chi connectivity index (χ2v) is 4.74. The van der Waals surface area contributed by atoms with E-state index in [9.17, 15) is 0 Å². The molecule has 6 heteroatoms. The Morgan fingerprint density at radius 3 is 2.89 bits per heavy atom. The number of hydrazine groups is 1. The Labute approximate surface area is 111 Å². The van der Waals surface area contributed by atoms with E-state index in [1.807, 2.05) is 10.8 Å². The summed E-state index contributed by atoms with van der Waals surface area (Å²) in [6, 6.07) is 3.52. The van der Waals surface area contributed by atoms with Crippen LogP contribution in [0.1, 0.15) is 31.3 Å². The van der Waals surface area contributed by atoms with Gasteiger partial charge in [0.25, 0.3) is 0 Å². The number of hydrogen-bond donors (Lipinski definition) is 2. The highest BCUT2D eigenvalue weighted by atomic mass is 35.5. The molecule has 2 heterocycles. The second kappa shape index (κ2) is 5.37. The van der Waals surface area contributed by atoms with Gasteiger partial charge in [0.1, 0.15) is 11.6 Å². The highest BCUT2D eigenvalue weighted by Crippen LogP contribution is 2.19. The number of imidazole rings is 1. The fraction of sp³-hybridized carbons (Fsp3) is 0.333. The molecule has 0 aromatic carbocycles. The van der Waals surface area contributed by atoms with Gasteiger partial charge in [-0.05, 0) is 12.1 Å². The van der Waals surface area contributed by atoms with Crippen LogP contribution in [0.25, 0.3) is 0 Å². The number of nitrogen functional groups attached to an aromatic ring is 1. The van der Waals surface area contributed by atoms with Crippen molar-refractivity contribution in [3.05, 3.63) is 41.1 Å². The normalized spacial score (nSPS) is 10.9. The number of nitrogens with zero attached hydrogens (tertiary/aromatic N) is 3. The lowest BCUT2D eigenvalue weighted by molar-refractivity contribution is 0.661. The number of hydrogen-bond acceptors (Lipinski definition) is 4. The molecule has 0 saturated carbocycles. The van der Waals surface area contributed by atoms with E-state index in [4.69, 9.17) is 17.4 Å². The van der Waals surface area contributed by atoms with Gasteiger partial charge < -0.3 is 9.99 Å².